The summed E-state index contributed by atoms with van der Waals surface area (Å²) in [7, 11) is 0. The van der Waals surface area contributed by atoms with E-state index in [4.69, 9.17) is 0 Å². The first-order chi connectivity index (χ1) is 9.99. The summed E-state index contributed by atoms with van der Waals surface area (Å²) in [5.41, 5.74) is 0. The third-order valence-electron chi connectivity index (χ3n) is 4.64. The highest BCUT2D eigenvalue weighted by molar-refractivity contribution is 5.82. The van der Waals surface area contributed by atoms with Crippen molar-refractivity contribution >= 4 is 12.0 Å². The van der Waals surface area contributed by atoms with Crippen LogP contribution in [0.4, 0.5) is 4.79 Å². The van der Waals surface area contributed by atoms with Crippen molar-refractivity contribution in [2.24, 2.45) is 5.92 Å². The summed E-state index contributed by atoms with van der Waals surface area (Å²) >= 11 is 0. The second-order valence-corrected chi connectivity index (χ2v) is 6.47. The number of carbonyl (C=O) groups excluding carboxylic acids is 1. The molecule has 6 heteroatoms. The van der Waals surface area contributed by atoms with Gasteiger partial charge < -0.3 is 20.2 Å². The summed E-state index contributed by atoms with van der Waals surface area (Å²) in [6.45, 7) is 7.66. The first-order valence-electron chi connectivity index (χ1n) is 8.00. The molecule has 21 heavy (non-hydrogen) atoms. The van der Waals surface area contributed by atoms with E-state index >= 15 is 0 Å². The molecule has 0 aromatic carbocycles. The lowest BCUT2D eigenvalue weighted by atomic mass is 10.0. The number of rotatable bonds is 4. The predicted octanol–water partition coefficient (Wildman–Crippen LogP) is 1.37. The molecule has 2 saturated heterocycles. The van der Waals surface area contributed by atoms with Crippen LogP contribution in [0.25, 0.3) is 0 Å². The van der Waals surface area contributed by atoms with E-state index in [9.17, 15) is 14.7 Å². The molecule has 0 saturated carbocycles. The van der Waals surface area contributed by atoms with Crippen LogP contribution in [-0.4, -0.2) is 65.2 Å². The van der Waals surface area contributed by atoms with Gasteiger partial charge in [0.25, 0.3) is 0 Å². The highest BCUT2D eigenvalue weighted by Crippen LogP contribution is 2.19. The Balaban J connectivity index is 1.80. The van der Waals surface area contributed by atoms with Crippen LogP contribution in [0.1, 0.15) is 39.5 Å². The van der Waals surface area contributed by atoms with Crippen molar-refractivity contribution in [1.82, 2.24) is 15.1 Å². The maximum Gasteiger partial charge on any atom is 0.326 e. The Bertz CT molecular complexity index is 386. The molecule has 2 fully saturated rings. The maximum atomic E-state index is 12.2. The fraction of sp³-hybridized carbons (Fsp3) is 0.867. The summed E-state index contributed by atoms with van der Waals surface area (Å²) in [6, 6.07) is -0.330. The number of amides is 2. The lowest BCUT2D eigenvalue weighted by Crippen LogP contribution is -2.52. The summed E-state index contributed by atoms with van der Waals surface area (Å²) < 4.78 is 0. The average molecular weight is 297 g/mol. The first-order valence-corrected chi connectivity index (χ1v) is 8.00. The van der Waals surface area contributed by atoms with Crippen molar-refractivity contribution in [1.29, 1.82) is 0 Å². The second kappa shape index (κ2) is 7.11. The normalized spacial score (nSPS) is 27.1. The molecule has 2 aliphatic rings. The Labute approximate surface area is 126 Å². The largest absolute Gasteiger partial charge is 0.480 e. The average Bonchev–Trinajstić information content (AvgIpc) is 2.94. The third-order valence-corrected chi connectivity index (χ3v) is 4.64. The zero-order chi connectivity index (χ0) is 15.4. The van der Waals surface area contributed by atoms with Crippen LogP contribution >= 0.6 is 0 Å². The minimum absolute atomic E-state index is 0.218. The van der Waals surface area contributed by atoms with E-state index < -0.39 is 12.0 Å². The standard InChI is InChI=1S/C15H27N3O3/c1-11(2)17-8-6-12(10-17)9-16-15(21)18-7-4-3-5-13(18)14(19)20/h11-13H,3-10H2,1-2H3,(H,16,21)(H,19,20). The summed E-state index contributed by atoms with van der Waals surface area (Å²) in [5.74, 6) is -0.416. The maximum absolute atomic E-state index is 12.2. The van der Waals surface area contributed by atoms with Crippen LogP contribution < -0.4 is 5.32 Å². The molecule has 2 aliphatic heterocycles. The lowest BCUT2D eigenvalue weighted by molar-refractivity contribution is -0.143. The van der Waals surface area contributed by atoms with Gasteiger partial charge in [-0.2, -0.15) is 0 Å². The molecular weight excluding hydrogens is 270 g/mol. The van der Waals surface area contributed by atoms with Crippen molar-refractivity contribution in [3.05, 3.63) is 0 Å². The summed E-state index contributed by atoms with van der Waals surface area (Å²) in [6.07, 6.45) is 3.43. The van der Waals surface area contributed by atoms with Gasteiger partial charge in [-0.3, -0.25) is 0 Å². The van der Waals surface area contributed by atoms with Gasteiger partial charge in [-0.05, 0) is 52.0 Å². The number of carbonyl (C=O) groups is 2. The van der Waals surface area contributed by atoms with Gasteiger partial charge in [-0.15, -0.1) is 0 Å². The molecule has 2 heterocycles. The number of nitrogens with one attached hydrogen (secondary N) is 1. The molecule has 0 spiro atoms. The van der Waals surface area contributed by atoms with E-state index in [2.05, 4.69) is 24.1 Å². The molecule has 0 aromatic rings. The van der Waals surface area contributed by atoms with E-state index in [1.165, 1.54) is 4.90 Å². The number of hydrogen-bond acceptors (Lipinski definition) is 3. The topological polar surface area (TPSA) is 72.9 Å². The Morgan fingerprint density at radius 1 is 1.24 bits per heavy atom. The number of piperidine rings is 1. The predicted molar refractivity (Wildman–Crippen MR) is 80.2 cm³/mol. The molecular formula is C15H27N3O3. The molecule has 0 radical (unpaired) electrons. The Morgan fingerprint density at radius 3 is 2.62 bits per heavy atom. The van der Waals surface area contributed by atoms with Gasteiger partial charge in [0, 0.05) is 25.7 Å². The van der Waals surface area contributed by atoms with Gasteiger partial charge in [0.2, 0.25) is 0 Å². The van der Waals surface area contributed by atoms with Crippen molar-refractivity contribution in [3.63, 3.8) is 0 Å². The quantitative estimate of drug-likeness (QED) is 0.822. The molecule has 0 bridgehead atoms. The Kier molecular flexibility index (Phi) is 5.45. The van der Waals surface area contributed by atoms with Crippen molar-refractivity contribution in [3.8, 4) is 0 Å². The van der Waals surface area contributed by atoms with Crippen molar-refractivity contribution in [2.45, 2.75) is 51.6 Å². The van der Waals surface area contributed by atoms with Gasteiger partial charge in [-0.25, -0.2) is 9.59 Å². The Morgan fingerprint density at radius 2 is 2.00 bits per heavy atom. The van der Waals surface area contributed by atoms with Crippen LogP contribution in [-0.2, 0) is 4.79 Å². The van der Waals surface area contributed by atoms with Gasteiger partial charge in [-0.1, -0.05) is 0 Å². The van der Waals surface area contributed by atoms with Gasteiger partial charge in [0.05, 0.1) is 0 Å². The van der Waals surface area contributed by atoms with Crippen molar-refractivity contribution < 1.29 is 14.7 Å². The molecule has 2 atom stereocenters. The molecule has 2 unspecified atom stereocenters. The van der Waals surface area contributed by atoms with Crippen LogP contribution in [0.3, 0.4) is 0 Å². The van der Waals surface area contributed by atoms with E-state index in [1.807, 2.05) is 0 Å². The van der Waals surface area contributed by atoms with Gasteiger partial charge >= 0.3 is 12.0 Å². The van der Waals surface area contributed by atoms with Crippen LogP contribution in [0.15, 0.2) is 0 Å². The molecule has 120 valence electrons. The molecule has 2 N–H and O–H groups in total. The molecule has 2 amide bonds. The minimum atomic E-state index is -0.892. The number of urea groups is 1. The number of nitrogens with zero attached hydrogens (tertiary/aromatic N) is 2. The summed E-state index contributed by atoms with van der Waals surface area (Å²) in [5, 5.41) is 12.1. The van der Waals surface area contributed by atoms with E-state index in [-0.39, 0.29) is 6.03 Å². The smallest absolute Gasteiger partial charge is 0.326 e. The number of carboxylic acid groups (broad SMARTS) is 1. The van der Waals surface area contributed by atoms with Gasteiger partial charge in [0.15, 0.2) is 0 Å². The SMILES string of the molecule is CC(C)N1CCC(CNC(=O)N2CCCCC2C(=O)O)C1. The van der Waals surface area contributed by atoms with Gasteiger partial charge in [0.1, 0.15) is 6.04 Å². The van der Waals surface area contributed by atoms with E-state index in [0.717, 1.165) is 32.4 Å². The molecule has 6 nitrogen and oxygen atoms in total. The van der Waals surface area contributed by atoms with Crippen LogP contribution in [0.5, 0.6) is 0 Å². The third kappa shape index (κ3) is 4.09. The highest BCUT2D eigenvalue weighted by atomic mass is 16.4. The number of likely N-dealkylation sites (tertiary alicyclic amines) is 2. The molecule has 0 aliphatic carbocycles. The van der Waals surface area contributed by atoms with Crippen LogP contribution in [0.2, 0.25) is 0 Å². The number of hydrogen-bond donors (Lipinski definition) is 2. The first kappa shape index (κ1) is 16.1. The monoisotopic (exact) mass is 297 g/mol. The number of aliphatic carboxylic acids is 1. The van der Waals surface area contributed by atoms with Crippen LogP contribution in [0, 0.1) is 5.92 Å². The number of carboxylic acids is 1. The lowest BCUT2D eigenvalue weighted by Gasteiger charge is -2.33. The minimum Gasteiger partial charge on any atom is -0.480 e. The highest BCUT2D eigenvalue weighted by Gasteiger charge is 2.32. The zero-order valence-electron chi connectivity index (χ0n) is 13.0. The van der Waals surface area contributed by atoms with Crippen molar-refractivity contribution in [2.75, 3.05) is 26.2 Å². The second-order valence-electron chi connectivity index (χ2n) is 6.47. The summed E-state index contributed by atoms with van der Waals surface area (Å²) in [4.78, 5) is 27.3. The molecule has 2 rings (SSSR count). The zero-order valence-corrected chi connectivity index (χ0v) is 13.0. The Hall–Kier alpha value is -1.30. The molecule has 0 aromatic heterocycles. The van der Waals surface area contributed by atoms with E-state index in [1.54, 1.807) is 0 Å². The fourth-order valence-electron chi connectivity index (χ4n) is 3.26. The fourth-order valence-corrected chi connectivity index (χ4v) is 3.26. The van der Waals surface area contributed by atoms with E-state index in [0.29, 0.717) is 31.5 Å².